The van der Waals surface area contributed by atoms with Gasteiger partial charge in [-0.1, -0.05) is 29.3 Å². The summed E-state index contributed by atoms with van der Waals surface area (Å²) in [6, 6.07) is 5.12. The van der Waals surface area contributed by atoms with Crippen molar-refractivity contribution in [3.63, 3.8) is 0 Å². The highest BCUT2D eigenvalue weighted by atomic mass is 35.5. The zero-order valence-corrected chi connectivity index (χ0v) is 10.8. The number of aliphatic hydroxyl groups is 1. The van der Waals surface area contributed by atoms with E-state index in [1.807, 2.05) is 0 Å². The molecule has 0 spiro atoms. The van der Waals surface area contributed by atoms with Crippen LogP contribution in [-0.4, -0.2) is 16.5 Å². The zero-order chi connectivity index (χ0) is 12.6. The van der Waals surface area contributed by atoms with Gasteiger partial charge in [-0.2, -0.15) is 0 Å². The molecule has 4 heteroatoms. The molecule has 1 aliphatic rings. The standard InChI is InChI=1S/C13H12Cl2O2/c1-13(17)6-8(4-10(16)7-13)11-3-2-9(14)5-12(11)15/h2-5,17H,6-7H2,1H3. The average Bonchev–Trinajstić information content (AvgIpc) is 2.13. The molecule has 1 aliphatic carbocycles. The van der Waals surface area contributed by atoms with Crippen molar-refractivity contribution in [2.24, 2.45) is 0 Å². The van der Waals surface area contributed by atoms with Gasteiger partial charge in [-0.15, -0.1) is 0 Å². The minimum absolute atomic E-state index is 0.0812. The molecule has 0 fully saturated rings. The van der Waals surface area contributed by atoms with E-state index in [4.69, 9.17) is 23.2 Å². The van der Waals surface area contributed by atoms with Crippen molar-refractivity contribution < 1.29 is 9.90 Å². The molecule has 0 radical (unpaired) electrons. The Morgan fingerprint density at radius 2 is 2.00 bits per heavy atom. The van der Waals surface area contributed by atoms with Gasteiger partial charge in [0, 0.05) is 22.9 Å². The first kappa shape index (κ1) is 12.6. The Labute approximate surface area is 110 Å². The second kappa shape index (κ2) is 4.45. The Morgan fingerprint density at radius 3 is 2.59 bits per heavy atom. The summed E-state index contributed by atoms with van der Waals surface area (Å²) in [7, 11) is 0. The summed E-state index contributed by atoms with van der Waals surface area (Å²) in [6.07, 6.45) is 2.12. The van der Waals surface area contributed by atoms with E-state index in [1.165, 1.54) is 0 Å². The van der Waals surface area contributed by atoms with E-state index >= 15 is 0 Å². The number of carbonyl (C=O) groups is 1. The average molecular weight is 271 g/mol. The van der Waals surface area contributed by atoms with Crippen molar-refractivity contribution in [2.75, 3.05) is 0 Å². The van der Waals surface area contributed by atoms with Crippen molar-refractivity contribution >= 4 is 34.6 Å². The molecule has 17 heavy (non-hydrogen) atoms. The maximum Gasteiger partial charge on any atom is 0.158 e. The molecule has 90 valence electrons. The third-order valence-electron chi connectivity index (χ3n) is 2.74. The Bertz CT molecular complexity index is 504. The van der Waals surface area contributed by atoms with Gasteiger partial charge in [0.05, 0.1) is 5.60 Å². The molecule has 0 saturated carbocycles. The molecule has 1 aromatic carbocycles. The van der Waals surface area contributed by atoms with Gasteiger partial charge in [-0.25, -0.2) is 0 Å². The molecule has 0 aromatic heterocycles. The minimum atomic E-state index is -0.996. The lowest BCUT2D eigenvalue weighted by atomic mass is 9.83. The van der Waals surface area contributed by atoms with Crippen LogP contribution in [0.15, 0.2) is 24.3 Å². The number of carbonyl (C=O) groups excluding carboxylic acids is 1. The van der Waals surface area contributed by atoms with E-state index in [-0.39, 0.29) is 12.2 Å². The second-order valence-electron chi connectivity index (χ2n) is 4.61. The van der Waals surface area contributed by atoms with E-state index in [1.54, 1.807) is 31.2 Å². The van der Waals surface area contributed by atoms with Crippen molar-refractivity contribution in [3.05, 3.63) is 39.9 Å². The summed E-state index contributed by atoms with van der Waals surface area (Å²) in [6.45, 7) is 1.65. The number of ketones is 1. The van der Waals surface area contributed by atoms with Crippen LogP contribution in [0, 0.1) is 0 Å². The summed E-state index contributed by atoms with van der Waals surface area (Å²) >= 11 is 11.9. The zero-order valence-electron chi connectivity index (χ0n) is 9.34. The van der Waals surface area contributed by atoms with Gasteiger partial charge in [-0.05, 0) is 36.3 Å². The molecule has 0 aliphatic heterocycles. The molecular formula is C13H12Cl2O2. The minimum Gasteiger partial charge on any atom is -0.389 e. The molecule has 0 heterocycles. The fourth-order valence-corrected chi connectivity index (χ4v) is 2.60. The first-order valence-corrected chi connectivity index (χ1v) is 6.04. The quantitative estimate of drug-likeness (QED) is 0.848. The fraction of sp³-hybridized carbons (Fsp3) is 0.308. The van der Waals surface area contributed by atoms with E-state index in [9.17, 15) is 9.90 Å². The normalized spacial score (nSPS) is 24.7. The van der Waals surface area contributed by atoms with E-state index in [2.05, 4.69) is 0 Å². The van der Waals surface area contributed by atoms with Crippen LogP contribution >= 0.6 is 23.2 Å². The van der Waals surface area contributed by atoms with Crippen LogP contribution in [0.25, 0.3) is 5.57 Å². The topological polar surface area (TPSA) is 37.3 Å². The summed E-state index contributed by atoms with van der Waals surface area (Å²) in [5.74, 6) is -0.0812. The molecule has 1 aromatic rings. The van der Waals surface area contributed by atoms with Crippen molar-refractivity contribution in [1.29, 1.82) is 0 Å². The lowest BCUT2D eigenvalue weighted by molar-refractivity contribution is -0.119. The fourth-order valence-electron chi connectivity index (χ4n) is 2.07. The Balaban J connectivity index is 2.43. The van der Waals surface area contributed by atoms with Gasteiger partial charge in [0.25, 0.3) is 0 Å². The summed E-state index contributed by atoms with van der Waals surface area (Å²) in [4.78, 5) is 11.5. The molecule has 0 amide bonds. The number of rotatable bonds is 1. The third-order valence-corrected chi connectivity index (χ3v) is 3.29. The predicted octanol–water partition coefficient (Wildman–Crippen LogP) is 3.49. The van der Waals surface area contributed by atoms with Crippen molar-refractivity contribution in [3.8, 4) is 0 Å². The summed E-state index contributed by atoms with van der Waals surface area (Å²) in [5, 5.41) is 11.0. The van der Waals surface area contributed by atoms with Gasteiger partial charge >= 0.3 is 0 Å². The molecule has 1 unspecified atom stereocenters. The Morgan fingerprint density at radius 1 is 1.29 bits per heavy atom. The van der Waals surface area contributed by atoms with Gasteiger partial charge in [-0.3, -0.25) is 4.79 Å². The number of allylic oxidation sites excluding steroid dienone is 1. The lowest BCUT2D eigenvalue weighted by Crippen LogP contribution is -2.31. The van der Waals surface area contributed by atoms with Gasteiger partial charge < -0.3 is 5.11 Å². The van der Waals surface area contributed by atoms with Crippen LogP contribution < -0.4 is 0 Å². The van der Waals surface area contributed by atoms with Crippen LogP contribution in [0.2, 0.25) is 10.0 Å². The van der Waals surface area contributed by atoms with Gasteiger partial charge in [0.1, 0.15) is 0 Å². The van der Waals surface area contributed by atoms with Crippen molar-refractivity contribution in [1.82, 2.24) is 0 Å². The van der Waals surface area contributed by atoms with Crippen LogP contribution in [0.1, 0.15) is 25.3 Å². The third kappa shape index (κ3) is 2.89. The molecule has 0 bridgehead atoms. The highest BCUT2D eigenvalue weighted by Crippen LogP contribution is 2.36. The largest absolute Gasteiger partial charge is 0.389 e. The van der Waals surface area contributed by atoms with Crippen LogP contribution in [0.4, 0.5) is 0 Å². The van der Waals surface area contributed by atoms with Gasteiger partial charge in [0.15, 0.2) is 5.78 Å². The van der Waals surface area contributed by atoms with E-state index in [0.717, 1.165) is 11.1 Å². The number of halogens is 2. The first-order valence-electron chi connectivity index (χ1n) is 5.29. The smallest absolute Gasteiger partial charge is 0.158 e. The maximum absolute atomic E-state index is 11.5. The van der Waals surface area contributed by atoms with Crippen LogP contribution in [0.5, 0.6) is 0 Å². The van der Waals surface area contributed by atoms with Gasteiger partial charge in [0.2, 0.25) is 0 Å². The molecular weight excluding hydrogens is 259 g/mol. The second-order valence-corrected chi connectivity index (χ2v) is 5.45. The molecule has 0 saturated heterocycles. The van der Waals surface area contributed by atoms with Crippen LogP contribution in [0.3, 0.4) is 0 Å². The van der Waals surface area contributed by atoms with Crippen LogP contribution in [-0.2, 0) is 4.79 Å². The Hall–Kier alpha value is -0.830. The summed E-state index contributed by atoms with van der Waals surface area (Å²) in [5.41, 5.74) is 0.515. The SMILES string of the molecule is CC1(O)CC(=O)C=C(c2ccc(Cl)cc2Cl)C1. The van der Waals surface area contributed by atoms with Crippen molar-refractivity contribution in [2.45, 2.75) is 25.4 Å². The van der Waals surface area contributed by atoms with E-state index < -0.39 is 5.60 Å². The first-order chi connectivity index (χ1) is 7.87. The Kier molecular flexibility index (Phi) is 3.30. The lowest BCUT2D eigenvalue weighted by Gasteiger charge is -2.28. The van der Waals surface area contributed by atoms with E-state index in [0.29, 0.717) is 16.5 Å². The molecule has 1 N–H and O–H groups in total. The molecule has 2 nitrogen and oxygen atoms in total. The molecule has 1 atom stereocenters. The highest BCUT2D eigenvalue weighted by molar-refractivity contribution is 6.35. The predicted molar refractivity (Wildman–Crippen MR) is 69.3 cm³/mol. The number of benzene rings is 1. The summed E-state index contributed by atoms with van der Waals surface area (Å²) < 4.78 is 0. The highest BCUT2D eigenvalue weighted by Gasteiger charge is 2.30. The number of hydrogen-bond donors (Lipinski definition) is 1. The maximum atomic E-state index is 11.5. The monoisotopic (exact) mass is 270 g/mol. The number of hydrogen-bond acceptors (Lipinski definition) is 2. The molecule has 2 rings (SSSR count).